The maximum Gasteiger partial charge on any atom is 0.252 e. The first-order valence-corrected chi connectivity index (χ1v) is 9.51. The standard InChI is InChI=1S/C17H14BrN5OS/c1-10-14-15(11-4-2-5-12(18)8-11)25-9-13(24)21-16(14)23(22-10)17-19-6-3-7-20-17/h2-8,15H,9H2,1H3,(H,21,24)/t15-/m0/s1. The van der Waals surface area contributed by atoms with Gasteiger partial charge >= 0.3 is 0 Å². The van der Waals surface area contributed by atoms with Gasteiger partial charge in [0.2, 0.25) is 5.91 Å². The Morgan fingerprint density at radius 2 is 2.08 bits per heavy atom. The molecule has 0 saturated heterocycles. The van der Waals surface area contributed by atoms with Crippen LogP contribution in [0.3, 0.4) is 0 Å². The fourth-order valence-electron chi connectivity index (χ4n) is 2.86. The molecule has 0 radical (unpaired) electrons. The van der Waals surface area contributed by atoms with E-state index in [1.807, 2.05) is 19.1 Å². The Morgan fingerprint density at radius 1 is 1.28 bits per heavy atom. The molecule has 0 bridgehead atoms. The quantitative estimate of drug-likeness (QED) is 0.692. The number of carbonyl (C=O) groups excluding carboxylic acids is 1. The van der Waals surface area contributed by atoms with Crippen LogP contribution in [0.2, 0.25) is 0 Å². The maximum atomic E-state index is 12.3. The Labute approximate surface area is 157 Å². The van der Waals surface area contributed by atoms with E-state index in [2.05, 4.69) is 48.4 Å². The number of benzene rings is 1. The van der Waals surface area contributed by atoms with E-state index < -0.39 is 0 Å². The number of anilines is 1. The van der Waals surface area contributed by atoms with Crippen molar-refractivity contribution in [3.05, 3.63) is 64.0 Å². The fraction of sp³-hybridized carbons (Fsp3) is 0.176. The van der Waals surface area contributed by atoms with Crippen molar-refractivity contribution in [2.75, 3.05) is 11.1 Å². The number of hydrogen-bond donors (Lipinski definition) is 1. The van der Waals surface area contributed by atoms with E-state index >= 15 is 0 Å². The Bertz CT molecular complexity index is 943. The summed E-state index contributed by atoms with van der Waals surface area (Å²) in [6, 6.07) is 9.88. The number of halogens is 1. The average Bonchev–Trinajstić information content (AvgIpc) is 2.82. The molecule has 3 aromatic rings. The summed E-state index contributed by atoms with van der Waals surface area (Å²) in [6.45, 7) is 1.95. The Kier molecular flexibility index (Phi) is 4.30. The summed E-state index contributed by atoms with van der Waals surface area (Å²) in [5.74, 6) is 1.40. The zero-order valence-electron chi connectivity index (χ0n) is 13.3. The molecular weight excluding hydrogens is 402 g/mol. The van der Waals surface area contributed by atoms with Gasteiger partial charge in [-0.3, -0.25) is 4.79 Å². The molecule has 4 rings (SSSR count). The van der Waals surface area contributed by atoms with Gasteiger partial charge in [-0.05, 0) is 30.7 Å². The van der Waals surface area contributed by atoms with Gasteiger partial charge in [-0.2, -0.15) is 9.78 Å². The normalized spacial score (nSPS) is 16.9. The van der Waals surface area contributed by atoms with E-state index in [-0.39, 0.29) is 11.2 Å². The van der Waals surface area contributed by atoms with Gasteiger partial charge in [0, 0.05) is 22.4 Å². The van der Waals surface area contributed by atoms with Crippen molar-refractivity contribution in [2.45, 2.75) is 12.2 Å². The zero-order chi connectivity index (χ0) is 17.4. The highest BCUT2D eigenvalue weighted by atomic mass is 79.9. The highest BCUT2D eigenvalue weighted by Crippen LogP contribution is 2.43. The average molecular weight is 416 g/mol. The molecule has 0 unspecified atom stereocenters. The van der Waals surface area contributed by atoms with Crippen molar-refractivity contribution in [3.8, 4) is 5.95 Å². The highest BCUT2D eigenvalue weighted by molar-refractivity contribution is 9.10. The first-order valence-electron chi connectivity index (χ1n) is 7.67. The van der Waals surface area contributed by atoms with Crippen LogP contribution in [0.25, 0.3) is 5.95 Å². The van der Waals surface area contributed by atoms with Crippen LogP contribution >= 0.6 is 27.7 Å². The van der Waals surface area contributed by atoms with E-state index in [1.54, 1.807) is 34.9 Å². The molecule has 8 heteroatoms. The number of fused-ring (bicyclic) bond motifs is 1. The van der Waals surface area contributed by atoms with Gasteiger partial charge in [-0.1, -0.05) is 28.1 Å². The molecule has 1 aliphatic heterocycles. The van der Waals surface area contributed by atoms with Gasteiger partial charge in [-0.15, -0.1) is 11.8 Å². The number of aryl methyl sites for hydroxylation is 1. The van der Waals surface area contributed by atoms with Crippen LogP contribution in [0.15, 0.2) is 47.2 Å². The lowest BCUT2D eigenvalue weighted by atomic mass is 10.0. The third kappa shape index (κ3) is 3.07. The van der Waals surface area contributed by atoms with E-state index in [4.69, 9.17) is 0 Å². The predicted octanol–water partition coefficient (Wildman–Crippen LogP) is 3.51. The maximum absolute atomic E-state index is 12.3. The van der Waals surface area contributed by atoms with Crippen LogP contribution in [0.5, 0.6) is 0 Å². The molecule has 1 atom stereocenters. The SMILES string of the molecule is Cc1nn(-c2ncccn2)c2c1[C@H](c1cccc(Br)c1)SCC(=O)N2. The number of rotatable bonds is 2. The molecule has 0 saturated carbocycles. The van der Waals surface area contributed by atoms with E-state index in [0.29, 0.717) is 17.5 Å². The number of nitrogens with one attached hydrogen (secondary N) is 1. The summed E-state index contributed by atoms with van der Waals surface area (Å²) in [5.41, 5.74) is 2.96. The zero-order valence-corrected chi connectivity index (χ0v) is 15.7. The van der Waals surface area contributed by atoms with Crippen molar-refractivity contribution in [1.82, 2.24) is 19.7 Å². The Hall–Kier alpha value is -2.19. The molecule has 0 fully saturated rings. The lowest BCUT2D eigenvalue weighted by molar-refractivity contribution is -0.113. The predicted molar refractivity (Wildman–Crippen MR) is 101 cm³/mol. The molecule has 3 heterocycles. The van der Waals surface area contributed by atoms with Gasteiger partial charge in [0.15, 0.2) is 0 Å². The van der Waals surface area contributed by atoms with Crippen LogP contribution in [0.1, 0.15) is 22.1 Å². The van der Waals surface area contributed by atoms with Crippen molar-refractivity contribution < 1.29 is 4.79 Å². The second kappa shape index (κ2) is 6.61. The van der Waals surface area contributed by atoms with E-state index in [9.17, 15) is 4.79 Å². The van der Waals surface area contributed by atoms with Crippen LogP contribution < -0.4 is 5.32 Å². The molecule has 1 amide bonds. The largest absolute Gasteiger partial charge is 0.309 e. The minimum absolute atomic E-state index is 0.00362. The number of aromatic nitrogens is 4. The fourth-order valence-corrected chi connectivity index (χ4v) is 4.46. The summed E-state index contributed by atoms with van der Waals surface area (Å²) in [4.78, 5) is 20.8. The summed E-state index contributed by atoms with van der Waals surface area (Å²) in [6.07, 6.45) is 3.32. The van der Waals surface area contributed by atoms with Gasteiger partial charge in [0.1, 0.15) is 5.82 Å². The first kappa shape index (κ1) is 16.3. The molecule has 25 heavy (non-hydrogen) atoms. The lowest BCUT2D eigenvalue weighted by Gasteiger charge is -2.15. The molecule has 126 valence electrons. The second-order valence-corrected chi connectivity index (χ2v) is 7.61. The minimum atomic E-state index is -0.0548. The number of nitrogens with zero attached hydrogens (tertiary/aromatic N) is 4. The van der Waals surface area contributed by atoms with Crippen LogP contribution in [0.4, 0.5) is 5.82 Å². The summed E-state index contributed by atoms with van der Waals surface area (Å²) in [5, 5.41) is 7.57. The molecule has 0 aliphatic carbocycles. The highest BCUT2D eigenvalue weighted by Gasteiger charge is 2.31. The number of hydrogen-bond acceptors (Lipinski definition) is 5. The van der Waals surface area contributed by atoms with Crippen molar-refractivity contribution in [2.24, 2.45) is 0 Å². The van der Waals surface area contributed by atoms with Gasteiger partial charge in [0.05, 0.1) is 16.7 Å². The Balaban J connectivity index is 1.90. The second-order valence-electron chi connectivity index (χ2n) is 5.60. The number of carbonyl (C=O) groups is 1. The van der Waals surface area contributed by atoms with Crippen molar-refractivity contribution >= 4 is 39.4 Å². The summed E-state index contributed by atoms with van der Waals surface area (Å²) in [7, 11) is 0. The van der Waals surface area contributed by atoms with E-state index in [0.717, 1.165) is 21.3 Å². The summed E-state index contributed by atoms with van der Waals surface area (Å²) >= 11 is 5.12. The number of amides is 1. The smallest absolute Gasteiger partial charge is 0.252 e. The van der Waals surface area contributed by atoms with Crippen molar-refractivity contribution in [3.63, 3.8) is 0 Å². The third-order valence-electron chi connectivity index (χ3n) is 3.90. The van der Waals surface area contributed by atoms with Crippen LogP contribution in [-0.2, 0) is 4.79 Å². The van der Waals surface area contributed by atoms with E-state index in [1.165, 1.54) is 0 Å². The molecule has 1 aromatic carbocycles. The molecule has 1 N–H and O–H groups in total. The molecule has 0 spiro atoms. The molecule has 2 aromatic heterocycles. The van der Waals surface area contributed by atoms with Gasteiger partial charge in [0.25, 0.3) is 5.95 Å². The molecule has 6 nitrogen and oxygen atoms in total. The third-order valence-corrected chi connectivity index (χ3v) is 5.66. The van der Waals surface area contributed by atoms with Crippen LogP contribution in [0, 0.1) is 6.92 Å². The monoisotopic (exact) mass is 415 g/mol. The van der Waals surface area contributed by atoms with Gasteiger partial charge < -0.3 is 5.32 Å². The van der Waals surface area contributed by atoms with Gasteiger partial charge in [-0.25, -0.2) is 9.97 Å². The lowest BCUT2D eigenvalue weighted by Crippen LogP contribution is -2.16. The Morgan fingerprint density at radius 3 is 2.84 bits per heavy atom. The number of thioether (sulfide) groups is 1. The molecular formula is C17H14BrN5OS. The first-order chi connectivity index (χ1) is 12.1. The molecule has 1 aliphatic rings. The minimum Gasteiger partial charge on any atom is -0.309 e. The summed E-state index contributed by atoms with van der Waals surface area (Å²) < 4.78 is 2.62. The van der Waals surface area contributed by atoms with Crippen LogP contribution in [-0.4, -0.2) is 31.4 Å². The topological polar surface area (TPSA) is 72.7 Å². The van der Waals surface area contributed by atoms with Crippen molar-refractivity contribution in [1.29, 1.82) is 0 Å².